The fraction of sp³-hybridized carbons (Fsp3) is 0.167. The number of fused-ring (bicyclic) bond motifs is 3. The number of hydrogen-bond donors (Lipinski definition) is 3. The van der Waals surface area contributed by atoms with Gasteiger partial charge in [0.2, 0.25) is 17.8 Å². The van der Waals surface area contributed by atoms with Gasteiger partial charge in [-0.2, -0.15) is 15.0 Å². The molecule has 1 unspecified atom stereocenters. The van der Waals surface area contributed by atoms with E-state index < -0.39 is 7.37 Å². The van der Waals surface area contributed by atoms with Crippen molar-refractivity contribution in [3.05, 3.63) is 48.5 Å². The molecule has 9 heteroatoms. The van der Waals surface area contributed by atoms with Crippen molar-refractivity contribution in [3.63, 3.8) is 0 Å². The Hall–Kier alpha value is -3.12. The first kappa shape index (κ1) is 17.3. The predicted molar refractivity (Wildman–Crippen MR) is 107 cm³/mol. The van der Waals surface area contributed by atoms with Crippen LogP contribution >= 0.6 is 7.37 Å². The van der Waals surface area contributed by atoms with Gasteiger partial charge < -0.3 is 20.5 Å². The summed E-state index contributed by atoms with van der Waals surface area (Å²) in [5, 5.41) is 9.48. The van der Waals surface area contributed by atoms with Crippen LogP contribution in [0.4, 0.5) is 17.8 Å². The summed E-state index contributed by atoms with van der Waals surface area (Å²) in [5.41, 5.74) is 1.86. The molecule has 0 aliphatic carbocycles. The molecule has 3 N–H and O–H groups in total. The van der Waals surface area contributed by atoms with E-state index in [0.29, 0.717) is 28.9 Å². The third-order valence-electron chi connectivity index (χ3n) is 4.22. The predicted octanol–water partition coefficient (Wildman–Crippen LogP) is 2.99. The zero-order valence-electron chi connectivity index (χ0n) is 14.9. The molecule has 4 rings (SSSR count). The summed E-state index contributed by atoms with van der Waals surface area (Å²) in [6, 6.07) is 15.2. The van der Waals surface area contributed by atoms with E-state index in [4.69, 9.17) is 4.52 Å². The molecule has 0 fully saturated rings. The molecule has 2 aromatic carbocycles. The van der Waals surface area contributed by atoms with E-state index in [2.05, 4.69) is 30.9 Å². The van der Waals surface area contributed by atoms with Crippen LogP contribution in [0.5, 0.6) is 5.75 Å². The zero-order valence-corrected chi connectivity index (χ0v) is 15.8. The molecule has 2 heterocycles. The molecule has 1 aliphatic heterocycles. The Kier molecular flexibility index (Phi) is 4.41. The first-order valence-corrected chi connectivity index (χ1v) is 10.3. The summed E-state index contributed by atoms with van der Waals surface area (Å²) in [6.07, 6.45) is 0.0642. The normalized spacial score (nSPS) is 17.3. The van der Waals surface area contributed by atoms with Crippen molar-refractivity contribution in [1.82, 2.24) is 15.0 Å². The standard InChI is InChI=1S/C18H19N6O2P/c1-19-16-22-17(20-2)24-18(23-16)21-11-27(25)15-10-6-4-8-13(15)12-7-3-5-9-14(12)26-27/h3-10H,11H2,1-2H3,(H3,19,20,21,22,23,24). The Morgan fingerprint density at radius 1 is 0.852 bits per heavy atom. The van der Waals surface area contributed by atoms with E-state index in [0.717, 1.165) is 11.1 Å². The minimum absolute atomic E-state index is 0.0642. The van der Waals surface area contributed by atoms with E-state index in [1.165, 1.54) is 0 Å². The van der Waals surface area contributed by atoms with Crippen LogP contribution < -0.4 is 25.8 Å². The maximum Gasteiger partial charge on any atom is 0.296 e. The van der Waals surface area contributed by atoms with E-state index in [9.17, 15) is 4.57 Å². The minimum atomic E-state index is -3.20. The molecule has 0 radical (unpaired) electrons. The van der Waals surface area contributed by atoms with Gasteiger partial charge in [0.15, 0.2) is 0 Å². The van der Waals surface area contributed by atoms with E-state index in [1.807, 2.05) is 48.5 Å². The Bertz CT molecular complexity index is 1020. The lowest BCUT2D eigenvalue weighted by atomic mass is 10.0. The summed E-state index contributed by atoms with van der Waals surface area (Å²) in [4.78, 5) is 12.7. The molecule has 3 aromatic rings. The molecular formula is C18H19N6O2P. The molecule has 0 saturated carbocycles. The molecule has 1 atom stereocenters. The molecule has 0 amide bonds. The van der Waals surface area contributed by atoms with Crippen LogP contribution in [0.1, 0.15) is 0 Å². The second-order valence-electron chi connectivity index (χ2n) is 5.92. The third kappa shape index (κ3) is 3.19. The second kappa shape index (κ2) is 6.89. The number of hydrogen-bond acceptors (Lipinski definition) is 8. The lowest BCUT2D eigenvalue weighted by molar-refractivity contribution is 0.493. The van der Waals surface area contributed by atoms with Gasteiger partial charge in [-0.3, -0.25) is 4.57 Å². The largest absolute Gasteiger partial charge is 0.438 e. The molecule has 1 aliphatic rings. The molecule has 1 aromatic heterocycles. The van der Waals surface area contributed by atoms with Gasteiger partial charge in [-0.1, -0.05) is 36.4 Å². The monoisotopic (exact) mass is 382 g/mol. The lowest BCUT2D eigenvalue weighted by Gasteiger charge is -2.28. The average molecular weight is 382 g/mol. The first-order chi connectivity index (χ1) is 13.1. The molecule has 0 bridgehead atoms. The van der Waals surface area contributed by atoms with Gasteiger partial charge in [-0.15, -0.1) is 0 Å². The molecular weight excluding hydrogens is 363 g/mol. The highest BCUT2D eigenvalue weighted by Gasteiger charge is 2.35. The van der Waals surface area contributed by atoms with Crippen LogP contribution in [0, 0.1) is 0 Å². The zero-order chi connectivity index (χ0) is 18.9. The van der Waals surface area contributed by atoms with Crippen LogP contribution in [-0.2, 0) is 4.57 Å². The number of para-hydroxylation sites is 1. The number of anilines is 3. The second-order valence-corrected chi connectivity index (χ2v) is 8.25. The summed E-state index contributed by atoms with van der Waals surface area (Å²) < 4.78 is 19.7. The van der Waals surface area contributed by atoms with E-state index in [1.54, 1.807) is 14.1 Å². The molecule has 8 nitrogen and oxygen atoms in total. The fourth-order valence-corrected chi connectivity index (χ4v) is 4.98. The smallest absolute Gasteiger partial charge is 0.296 e. The number of rotatable bonds is 5. The van der Waals surface area contributed by atoms with Crippen LogP contribution in [0.25, 0.3) is 11.1 Å². The van der Waals surface area contributed by atoms with Gasteiger partial charge in [-0.05, 0) is 17.7 Å². The Morgan fingerprint density at radius 3 is 2.15 bits per heavy atom. The number of nitrogens with one attached hydrogen (secondary N) is 3. The van der Waals surface area contributed by atoms with Crippen LogP contribution in [-0.4, -0.2) is 35.3 Å². The van der Waals surface area contributed by atoms with Gasteiger partial charge in [0.1, 0.15) is 12.0 Å². The van der Waals surface area contributed by atoms with Crippen LogP contribution in [0.2, 0.25) is 0 Å². The summed E-state index contributed by atoms with van der Waals surface area (Å²) >= 11 is 0. The van der Waals surface area contributed by atoms with Crippen LogP contribution in [0.3, 0.4) is 0 Å². The average Bonchev–Trinajstić information content (AvgIpc) is 2.72. The maximum atomic E-state index is 13.7. The van der Waals surface area contributed by atoms with Crippen molar-refractivity contribution < 1.29 is 9.09 Å². The summed E-state index contributed by atoms with van der Waals surface area (Å²) in [6.45, 7) is 0. The van der Waals surface area contributed by atoms with E-state index >= 15 is 0 Å². The van der Waals surface area contributed by atoms with Crippen molar-refractivity contribution in [1.29, 1.82) is 0 Å². The van der Waals surface area contributed by atoms with Gasteiger partial charge in [0.25, 0.3) is 7.37 Å². The highest BCUT2D eigenvalue weighted by molar-refractivity contribution is 7.67. The SMILES string of the molecule is CNc1nc(NC)nc(NCP2(=O)Oc3ccccc3-c3ccccc32)n1. The van der Waals surface area contributed by atoms with E-state index in [-0.39, 0.29) is 6.29 Å². The summed E-state index contributed by atoms with van der Waals surface area (Å²) in [5.74, 6) is 1.74. The van der Waals surface area contributed by atoms with Crippen LogP contribution in [0.15, 0.2) is 48.5 Å². The lowest BCUT2D eigenvalue weighted by Crippen LogP contribution is -2.23. The number of nitrogens with zero attached hydrogens (tertiary/aromatic N) is 3. The highest BCUT2D eigenvalue weighted by Crippen LogP contribution is 2.54. The van der Waals surface area contributed by atoms with Gasteiger partial charge in [0.05, 0.1) is 5.30 Å². The maximum absolute atomic E-state index is 13.7. The minimum Gasteiger partial charge on any atom is -0.438 e. The Balaban J connectivity index is 1.68. The van der Waals surface area contributed by atoms with Gasteiger partial charge >= 0.3 is 0 Å². The molecule has 0 spiro atoms. The number of benzene rings is 2. The molecule has 27 heavy (non-hydrogen) atoms. The Morgan fingerprint density at radius 2 is 1.44 bits per heavy atom. The molecule has 0 saturated heterocycles. The van der Waals surface area contributed by atoms with Gasteiger partial charge in [-0.25, -0.2) is 0 Å². The molecule has 138 valence electrons. The summed E-state index contributed by atoms with van der Waals surface area (Å²) in [7, 11) is 0.240. The Labute approximate surface area is 156 Å². The van der Waals surface area contributed by atoms with Crippen molar-refractivity contribution in [2.24, 2.45) is 0 Å². The third-order valence-corrected chi connectivity index (χ3v) is 6.41. The van der Waals surface area contributed by atoms with Crippen molar-refractivity contribution in [3.8, 4) is 16.9 Å². The van der Waals surface area contributed by atoms with Crippen molar-refractivity contribution >= 4 is 30.5 Å². The van der Waals surface area contributed by atoms with Crippen molar-refractivity contribution in [2.45, 2.75) is 0 Å². The fourth-order valence-electron chi connectivity index (χ4n) is 2.95. The topological polar surface area (TPSA) is 101 Å². The number of aromatic nitrogens is 3. The highest BCUT2D eigenvalue weighted by atomic mass is 31.2. The quantitative estimate of drug-likeness (QED) is 0.579. The first-order valence-electron chi connectivity index (χ1n) is 8.46. The van der Waals surface area contributed by atoms with Gasteiger partial charge in [0, 0.05) is 19.7 Å². The van der Waals surface area contributed by atoms with Crippen molar-refractivity contribution in [2.75, 3.05) is 36.3 Å².